The molecule has 3 nitrogen and oxygen atoms in total. The smallest absolute Gasteiger partial charge is 0.0940 e. The summed E-state index contributed by atoms with van der Waals surface area (Å²) < 4.78 is 14.3. The fourth-order valence-electron chi connectivity index (χ4n) is 3.42. The summed E-state index contributed by atoms with van der Waals surface area (Å²) in [4.78, 5) is 1.33. The first kappa shape index (κ1) is 13.2. The van der Waals surface area contributed by atoms with E-state index in [2.05, 4.69) is 17.5 Å². The van der Waals surface area contributed by atoms with Crippen LogP contribution in [0, 0.1) is 5.92 Å². The van der Waals surface area contributed by atoms with Crippen LogP contribution in [0.25, 0.3) is 9.40 Å². The second kappa shape index (κ2) is 5.07. The average molecular weight is 309 g/mol. The lowest BCUT2D eigenvalue weighted by Gasteiger charge is -2.39. The Kier molecular flexibility index (Phi) is 3.35. The van der Waals surface area contributed by atoms with Crippen molar-refractivity contribution in [1.29, 1.82) is 0 Å². The average Bonchev–Trinajstić information content (AvgIpc) is 3.13. The highest BCUT2D eigenvalue weighted by molar-refractivity contribution is 7.26. The Hall–Kier alpha value is -0.460. The van der Waals surface area contributed by atoms with Gasteiger partial charge in [-0.15, -0.1) is 22.7 Å². The lowest BCUT2D eigenvalue weighted by molar-refractivity contribution is -0.101. The Labute approximate surface area is 126 Å². The Morgan fingerprint density at radius 2 is 2.30 bits per heavy atom. The number of ether oxygens (including phenoxy) is 2. The third-order valence-electron chi connectivity index (χ3n) is 4.59. The molecule has 4 heterocycles. The molecule has 2 aromatic heterocycles. The van der Waals surface area contributed by atoms with Crippen LogP contribution in [0.4, 0.5) is 0 Å². The molecule has 0 amide bonds. The first-order valence-electron chi connectivity index (χ1n) is 7.20. The van der Waals surface area contributed by atoms with Gasteiger partial charge in [0.05, 0.1) is 12.2 Å². The summed E-state index contributed by atoms with van der Waals surface area (Å²) >= 11 is 3.65. The Morgan fingerprint density at radius 1 is 1.35 bits per heavy atom. The Balaban J connectivity index is 1.55. The maximum atomic E-state index is 6.56. The molecule has 20 heavy (non-hydrogen) atoms. The second-order valence-corrected chi connectivity index (χ2v) is 7.97. The van der Waals surface area contributed by atoms with Crippen LogP contribution in [0.5, 0.6) is 0 Å². The van der Waals surface area contributed by atoms with Gasteiger partial charge in [0.1, 0.15) is 0 Å². The summed E-state index contributed by atoms with van der Waals surface area (Å²) in [5.41, 5.74) is 6.52. The van der Waals surface area contributed by atoms with Crippen molar-refractivity contribution >= 4 is 32.1 Å². The van der Waals surface area contributed by atoms with Gasteiger partial charge in [0.25, 0.3) is 0 Å². The Morgan fingerprint density at radius 3 is 3.10 bits per heavy atom. The summed E-state index contributed by atoms with van der Waals surface area (Å²) in [6, 6.07) is 4.61. The van der Waals surface area contributed by atoms with Gasteiger partial charge in [0, 0.05) is 40.0 Å². The van der Waals surface area contributed by atoms with Crippen LogP contribution in [-0.4, -0.2) is 25.4 Å². The van der Waals surface area contributed by atoms with Crippen LogP contribution in [0.2, 0.25) is 0 Å². The quantitative estimate of drug-likeness (QED) is 0.922. The van der Waals surface area contributed by atoms with Gasteiger partial charge in [-0.3, -0.25) is 0 Å². The summed E-state index contributed by atoms with van der Waals surface area (Å²) in [5.74, 6) is 0.512. The SMILES string of the molecule is NC(c1cc2sccc2s1)C1CCOC2(CCOC2)C1. The van der Waals surface area contributed by atoms with Crippen LogP contribution >= 0.6 is 22.7 Å². The monoisotopic (exact) mass is 309 g/mol. The third kappa shape index (κ3) is 2.22. The van der Waals surface area contributed by atoms with Gasteiger partial charge in [0.15, 0.2) is 0 Å². The van der Waals surface area contributed by atoms with Gasteiger partial charge in [-0.25, -0.2) is 0 Å². The molecule has 0 aliphatic carbocycles. The van der Waals surface area contributed by atoms with Gasteiger partial charge in [-0.1, -0.05) is 0 Å². The lowest BCUT2D eigenvalue weighted by atomic mass is 9.81. The highest BCUT2D eigenvalue weighted by atomic mass is 32.1. The molecule has 3 atom stereocenters. The molecule has 1 spiro atoms. The normalized spacial score (nSPS) is 32.1. The van der Waals surface area contributed by atoms with Crippen molar-refractivity contribution in [2.75, 3.05) is 19.8 Å². The van der Waals surface area contributed by atoms with E-state index < -0.39 is 0 Å². The summed E-state index contributed by atoms with van der Waals surface area (Å²) in [7, 11) is 0. The molecule has 0 bridgehead atoms. The molecule has 3 unspecified atom stereocenters. The largest absolute Gasteiger partial charge is 0.378 e. The molecule has 2 aliphatic rings. The molecule has 0 radical (unpaired) electrons. The molecule has 4 rings (SSSR count). The van der Waals surface area contributed by atoms with Crippen LogP contribution in [-0.2, 0) is 9.47 Å². The first-order chi connectivity index (χ1) is 9.76. The molecule has 2 saturated heterocycles. The molecule has 2 fully saturated rings. The summed E-state index contributed by atoms with van der Waals surface area (Å²) in [5, 5.41) is 2.15. The fourth-order valence-corrected chi connectivity index (χ4v) is 5.63. The predicted octanol–water partition coefficient (Wildman–Crippen LogP) is 3.55. The molecule has 2 aromatic rings. The van der Waals surface area contributed by atoms with Crippen LogP contribution in [0.3, 0.4) is 0 Å². The predicted molar refractivity (Wildman–Crippen MR) is 83.5 cm³/mol. The van der Waals surface area contributed by atoms with Gasteiger partial charge in [0.2, 0.25) is 0 Å². The van der Waals surface area contributed by atoms with Crippen LogP contribution in [0.1, 0.15) is 30.2 Å². The maximum absolute atomic E-state index is 6.56. The zero-order valence-electron chi connectivity index (χ0n) is 11.3. The highest BCUT2D eigenvalue weighted by Gasteiger charge is 2.42. The van der Waals surface area contributed by atoms with Gasteiger partial charge in [-0.05, 0) is 36.3 Å². The van der Waals surface area contributed by atoms with Crippen molar-refractivity contribution in [3.8, 4) is 0 Å². The summed E-state index contributed by atoms with van der Waals surface area (Å²) in [6.45, 7) is 2.40. The number of hydrogen-bond donors (Lipinski definition) is 1. The van der Waals surface area contributed by atoms with E-state index in [1.54, 1.807) is 11.3 Å². The fraction of sp³-hybridized carbons (Fsp3) is 0.600. The molecule has 0 saturated carbocycles. The molecule has 108 valence electrons. The van der Waals surface area contributed by atoms with Crippen molar-refractivity contribution in [3.63, 3.8) is 0 Å². The molecular formula is C15H19NO2S2. The van der Waals surface area contributed by atoms with Gasteiger partial charge < -0.3 is 15.2 Å². The number of fused-ring (bicyclic) bond motifs is 1. The minimum absolute atomic E-state index is 0.0465. The molecule has 5 heteroatoms. The van der Waals surface area contributed by atoms with Gasteiger partial charge in [-0.2, -0.15) is 0 Å². The van der Waals surface area contributed by atoms with E-state index in [4.69, 9.17) is 15.2 Å². The zero-order valence-corrected chi connectivity index (χ0v) is 13.0. The maximum Gasteiger partial charge on any atom is 0.0940 e. The van der Waals surface area contributed by atoms with E-state index >= 15 is 0 Å². The molecular weight excluding hydrogens is 290 g/mol. The molecule has 2 N–H and O–H groups in total. The molecule has 0 aromatic carbocycles. The van der Waals surface area contributed by atoms with E-state index in [1.807, 2.05) is 11.3 Å². The number of nitrogens with two attached hydrogens (primary N) is 1. The first-order valence-corrected chi connectivity index (χ1v) is 8.90. The minimum atomic E-state index is -0.0465. The second-order valence-electron chi connectivity index (χ2n) is 5.91. The lowest BCUT2D eigenvalue weighted by Crippen LogP contribution is -2.43. The van der Waals surface area contributed by atoms with E-state index in [-0.39, 0.29) is 11.6 Å². The van der Waals surface area contributed by atoms with Crippen molar-refractivity contribution in [2.24, 2.45) is 11.7 Å². The van der Waals surface area contributed by atoms with Crippen molar-refractivity contribution in [2.45, 2.75) is 30.9 Å². The highest BCUT2D eigenvalue weighted by Crippen LogP contribution is 2.42. The number of hydrogen-bond acceptors (Lipinski definition) is 5. The summed E-state index contributed by atoms with van der Waals surface area (Å²) in [6.07, 6.45) is 3.13. The molecule has 2 aliphatic heterocycles. The number of thiophene rings is 2. The van der Waals surface area contributed by atoms with Crippen molar-refractivity contribution in [1.82, 2.24) is 0 Å². The van der Waals surface area contributed by atoms with Crippen molar-refractivity contribution < 1.29 is 9.47 Å². The van der Waals surface area contributed by atoms with Gasteiger partial charge >= 0.3 is 0 Å². The number of rotatable bonds is 2. The zero-order chi connectivity index (χ0) is 13.6. The van der Waals surface area contributed by atoms with E-state index in [0.717, 1.165) is 39.1 Å². The van der Waals surface area contributed by atoms with Crippen LogP contribution < -0.4 is 5.73 Å². The van der Waals surface area contributed by atoms with Crippen molar-refractivity contribution in [3.05, 3.63) is 22.4 Å². The van der Waals surface area contributed by atoms with E-state index in [0.29, 0.717) is 5.92 Å². The van der Waals surface area contributed by atoms with Crippen LogP contribution in [0.15, 0.2) is 17.5 Å². The van der Waals surface area contributed by atoms with E-state index in [1.165, 1.54) is 14.3 Å². The third-order valence-corrected chi connectivity index (χ3v) is 6.79. The minimum Gasteiger partial charge on any atom is -0.378 e. The van der Waals surface area contributed by atoms with E-state index in [9.17, 15) is 0 Å². The topological polar surface area (TPSA) is 44.5 Å². The Bertz CT molecular complexity index is 571. The standard InChI is InChI=1S/C15H19NO2S2/c16-14(13-7-12-11(20-13)2-6-19-12)10-1-4-18-15(8-10)3-5-17-9-15/h2,6-7,10,14H,1,3-5,8-9,16H2.